The maximum absolute atomic E-state index is 12.9. The van der Waals surface area contributed by atoms with Crippen molar-refractivity contribution in [3.05, 3.63) is 88.9 Å². The number of benzene rings is 2. The van der Waals surface area contributed by atoms with Gasteiger partial charge in [0.15, 0.2) is 0 Å². The smallest absolute Gasteiger partial charge is 0.228 e. The first-order chi connectivity index (χ1) is 16.2. The summed E-state index contributed by atoms with van der Waals surface area (Å²) in [4.78, 5) is 27.4. The van der Waals surface area contributed by atoms with Crippen LogP contribution in [0.15, 0.2) is 60.7 Å². The Hall–Kier alpha value is -3.05. The summed E-state index contributed by atoms with van der Waals surface area (Å²) in [6.45, 7) is 4.72. The van der Waals surface area contributed by atoms with Crippen LogP contribution in [0.2, 0.25) is 0 Å². The summed E-state index contributed by atoms with van der Waals surface area (Å²) in [6.07, 6.45) is 5.76. The van der Waals surface area contributed by atoms with Gasteiger partial charge in [0.05, 0.1) is 12.6 Å². The number of hydrogen-bond donors (Lipinski definition) is 0. The van der Waals surface area contributed by atoms with Crippen LogP contribution in [0.5, 0.6) is 0 Å². The van der Waals surface area contributed by atoms with Gasteiger partial charge in [-0.25, -0.2) is 9.97 Å². The van der Waals surface area contributed by atoms with E-state index in [1.54, 1.807) is 0 Å². The average molecular weight is 441 g/mol. The minimum Gasteiger partial charge on any atom is -0.293 e. The molecule has 3 aromatic rings. The molecule has 5 rings (SSSR count). The molecule has 0 saturated carbocycles. The van der Waals surface area contributed by atoms with E-state index in [0.717, 1.165) is 60.8 Å². The molecule has 3 heterocycles. The number of carbonyl (C=O) groups is 1. The van der Waals surface area contributed by atoms with Crippen LogP contribution in [0.1, 0.15) is 59.9 Å². The molecule has 0 aliphatic carbocycles. The van der Waals surface area contributed by atoms with E-state index in [4.69, 9.17) is 9.97 Å². The van der Waals surface area contributed by atoms with Gasteiger partial charge >= 0.3 is 0 Å². The number of carbonyl (C=O) groups excluding carboxylic acids is 1. The van der Waals surface area contributed by atoms with Crippen molar-refractivity contribution in [3.63, 3.8) is 0 Å². The largest absolute Gasteiger partial charge is 0.293 e. The zero-order chi connectivity index (χ0) is 22.6. The molecular formula is C28H32N4O. The highest BCUT2D eigenvalue weighted by Crippen LogP contribution is 2.34. The summed E-state index contributed by atoms with van der Waals surface area (Å²) in [5.41, 5.74) is 4.64. The van der Waals surface area contributed by atoms with Crippen LogP contribution in [0.3, 0.4) is 0 Å². The van der Waals surface area contributed by atoms with E-state index in [1.165, 1.54) is 18.4 Å². The Balaban J connectivity index is 1.43. The minimum absolute atomic E-state index is 0.153. The number of anilines is 1. The third-order valence-corrected chi connectivity index (χ3v) is 6.98. The number of amides is 1. The van der Waals surface area contributed by atoms with Crippen molar-refractivity contribution in [1.29, 1.82) is 0 Å². The molecule has 5 heteroatoms. The maximum atomic E-state index is 12.9. The van der Waals surface area contributed by atoms with Crippen molar-refractivity contribution in [2.24, 2.45) is 0 Å². The second-order valence-corrected chi connectivity index (χ2v) is 9.22. The Morgan fingerprint density at radius 2 is 1.64 bits per heavy atom. The molecule has 1 saturated heterocycles. The Morgan fingerprint density at radius 3 is 2.39 bits per heavy atom. The van der Waals surface area contributed by atoms with Crippen molar-refractivity contribution < 1.29 is 4.79 Å². The number of fused-ring (bicyclic) bond motifs is 1. The fourth-order valence-corrected chi connectivity index (χ4v) is 5.15. The molecule has 0 bridgehead atoms. The third kappa shape index (κ3) is 4.83. The van der Waals surface area contributed by atoms with Crippen molar-refractivity contribution in [2.75, 3.05) is 18.0 Å². The molecule has 2 aromatic carbocycles. The van der Waals surface area contributed by atoms with E-state index in [1.807, 2.05) is 23.1 Å². The quantitative estimate of drug-likeness (QED) is 0.539. The highest BCUT2D eigenvalue weighted by molar-refractivity contribution is 5.95. The second kappa shape index (κ2) is 9.84. The monoisotopic (exact) mass is 440 g/mol. The van der Waals surface area contributed by atoms with E-state index < -0.39 is 0 Å². The van der Waals surface area contributed by atoms with E-state index in [2.05, 4.69) is 54.3 Å². The number of piperidine rings is 1. The normalized spacial score (nSPS) is 18.9. The highest BCUT2D eigenvalue weighted by Gasteiger charge is 2.32. The van der Waals surface area contributed by atoms with E-state index >= 15 is 0 Å². The Kier molecular flexibility index (Phi) is 6.49. The van der Waals surface area contributed by atoms with Crippen molar-refractivity contribution in [2.45, 2.75) is 58.0 Å². The summed E-state index contributed by atoms with van der Waals surface area (Å²) >= 11 is 0. The zero-order valence-electron chi connectivity index (χ0n) is 19.4. The van der Waals surface area contributed by atoms with Crippen molar-refractivity contribution in [3.8, 4) is 0 Å². The molecule has 2 aliphatic heterocycles. The van der Waals surface area contributed by atoms with Gasteiger partial charge in [0, 0.05) is 24.2 Å². The van der Waals surface area contributed by atoms with Crippen LogP contribution in [0.4, 0.5) is 5.82 Å². The first-order valence-corrected chi connectivity index (χ1v) is 12.2. The van der Waals surface area contributed by atoms with Gasteiger partial charge < -0.3 is 0 Å². The van der Waals surface area contributed by atoms with Crippen LogP contribution in [0, 0.1) is 6.92 Å². The predicted molar refractivity (Wildman–Crippen MR) is 131 cm³/mol. The molecule has 0 unspecified atom stereocenters. The Bertz CT molecular complexity index is 1100. The van der Waals surface area contributed by atoms with Gasteiger partial charge in [0.25, 0.3) is 0 Å². The number of hydrogen-bond acceptors (Lipinski definition) is 4. The average Bonchev–Trinajstić information content (AvgIpc) is 2.86. The van der Waals surface area contributed by atoms with Crippen LogP contribution >= 0.6 is 0 Å². The Labute approximate surface area is 196 Å². The van der Waals surface area contributed by atoms with Crippen molar-refractivity contribution in [1.82, 2.24) is 14.9 Å². The summed E-state index contributed by atoms with van der Waals surface area (Å²) in [7, 11) is 0. The number of rotatable bonds is 6. The van der Waals surface area contributed by atoms with Gasteiger partial charge in [-0.05, 0) is 50.3 Å². The van der Waals surface area contributed by atoms with Gasteiger partial charge in [-0.15, -0.1) is 0 Å². The van der Waals surface area contributed by atoms with Crippen LogP contribution in [0.25, 0.3) is 0 Å². The Morgan fingerprint density at radius 1 is 0.909 bits per heavy atom. The second-order valence-electron chi connectivity index (χ2n) is 9.22. The molecule has 1 fully saturated rings. The highest BCUT2D eigenvalue weighted by atomic mass is 16.2. The minimum atomic E-state index is 0.153. The van der Waals surface area contributed by atoms with E-state index in [0.29, 0.717) is 13.0 Å². The molecule has 1 amide bonds. The molecule has 5 nitrogen and oxygen atoms in total. The predicted octanol–water partition coefficient (Wildman–Crippen LogP) is 5.03. The van der Waals surface area contributed by atoms with E-state index in [9.17, 15) is 4.79 Å². The summed E-state index contributed by atoms with van der Waals surface area (Å²) in [5, 5.41) is 0. The molecular weight excluding hydrogens is 408 g/mol. The molecule has 0 radical (unpaired) electrons. The van der Waals surface area contributed by atoms with E-state index in [-0.39, 0.29) is 11.9 Å². The van der Waals surface area contributed by atoms with Gasteiger partial charge in [-0.2, -0.15) is 0 Å². The first kappa shape index (κ1) is 21.8. The van der Waals surface area contributed by atoms with Gasteiger partial charge in [-0.1, -0.05) is 67.1 Å². The summed E-state index contributed by atoms with van der Waals surface area (Å²) < 4.78 is 0. The maximum Gasteiger partial charge on any atom is 0.228 e. The fourth-order valence-electron chi connectivity index (χ4n) is 5.15. The SMILES string of the molecule is Cc1nc([C@H]2CCCCN2CCc2ccccc2)nc2c1CCC(=O)N2Cc1ccccc1. The van der Waals surface area contributed by atoms with Gasteiger partial charge in [-0.3, -0.25) is 14.6 Å². The standard InChI is InChI=1S/C28H32N4O/c1-21-24-15-16-26(33)32(20-23-12-6-3-7-13-23)28(24)30-27(29-21)25-14-8-9-18-31(25)19-17-22-10-4-2-5-11-22/h2-7,10-13,25H,8-9,14-20H2,1H3/t25-/m1/s1. The molecule has 0 spiro atoms. The van der Waals surface area contributed by atoms with Crippen molar-refractivity contribution >= 4 is 11.7 Å². The lowest BCUT2D eigenvalue weighted by Crippen LogP contribution is -2.39. The molecule has 0 N–H and O–H groups in total. The number of aryl methyl sites for hydroxylation is 1. The number of nitrogens with zero attached hydrogens (tertiary/aromatic N) is 4. The topological polar surface area (TPSA) is 49.3 Å². The molecule has 1 aromatic heterocycles. The first-order valence-electron chi connectivity index (χ1n) is 12.2. The summed E-state index contributed by atoms with van der Waals surface area (Å²) in [5.74, 6) is 1.86. The van der Waals surface area contributed by atoms with Crippen LogP contribution in [-0.2, 0) is 24.2 Å². The van der Waals surface area contributed by atoms with Gasteiger partial charge in [0.1, 0.15) is 11.6 Å². The lowest BCUT2D eigenvalue weighted by atomic mass is 9.98. The third-order valence-electron chi connectivity index (χ3n) is 6.98. The zero-order valence-corrected chi connectivity index (χ0v) is 19.4. The van der Waals surface area contributed by atoms with Gasteiger partial charge in [0.2, 0.25) is 5.91 Å². The molecule has 1 atom stereocenters. The van der Waals surface area contributed by atoms with Crippen LogP contribution in [-0.4, -0.2) is 33.9 Å². The molecule has 2 aliphatic rings. The molecule has 170 valence electrons. The number of likely N-dealkylation sites (tertiary alicyclic amines) is 1. The van der Waals surface area contributed by atoms with Crippen LogP contribution < -0.4 is 4.90 Å². The lowest BCUT2D eigenvalue weighted by molar-refractivity contribution is -0.119. The molecule has 33 heavy (non-hydrogen) atoms. The lowest BCUT2D eigenvalue weighted by Gasteiger charge is -2.36. The number of aromatic nitrogens is 2. The summed E-state index contributed by atoms with van der Waals surface area (Å²) in [6, 6.07) is 21.1. The fraction of sp³-hybridized carbons (Fsp3) is 0.393.